The van der Waals surface area contributed by atoms with E-state index in [0.29, 0.717) is 11.2 Å². The molecule has 3 nitrogen and oxygen atoms in total. The van der Waals surface area contributed by atoms with Gasteiger partial charge in [-0.3, -0.25) is 0 Å². The Labute approximate surface area is 107 Å². The third-order valence-electron chi connectivity index (χ3n) is 2.81. The summed E-state index contributed by atoms with van der Waals surface area (Å²) >= 11 is 0. The topological polar surface area (TPSA) is 28.2 Å². The largest absolute Gasteiger partial charge is 0.369 e. The van der Waals surface area contributed by atoms with E-state index in [0.717, 1.165) is 24.9 Å². The molecule has 0 aliphatic heterocycles. The summed E-state index contributed by atoms with van der Waals surface area (Å²) in [6.45, 7) is 1.79. The quantitative estimate of drug-likeness (QED) is 0.823. The van der Waals surface area contributed by atoms with Gasteiger partial charge in [-0.25, -0.2) is 9.37 Å². The standard InChI is InChI=1S/C14H18FN3/c1-18(2)10-4-8-16-14-13-11(7-9-17-14)5-3-6-12(13)15/h3,5-7,9H,4,8,10H2,1-2H3,(H,16,17). The second-order valence-electron chi connectivity index (χ2n) is 4.58. The maximum absolute atomic E-state index is 13.8. The van der Waals surface area contributed by atoms with Crippen LogP contribution in [-0.2, 0) is 0 Å². The van der Waals surface area contributed by atoms with E-state index in [1.165, 1.54) is 6.07 Å². The van der Waals surface area contributed by atoms with Crippen molar-refractivity contribution in [2.24, 2.45) is 0 Å². The molecule has 0 aliphatic rings. The maximum Gasteiger partial charge on any atom is 0.136 e. The first-order chi connectivity index (χ1) is 8.68. The molecule has 1 heterocycles. The van der Waals surface area contributed by atoms with Gasteiger partial charge < -0.3 is 10.2 Å². The second kappa shape index (κ2) is 5.78. The first kappa shape index (κ1) is 12.8. The van der Waals surface area contributed by atoms with Crippen LogP contribution in [0.1, 0.15) is 6.42 Å². The highest BCUT2D eigenvalue weighted by molar-refractivity contribution is 5.92. The number of nitrogens with zero attached hydrogens (tertiary/aromatic N) is 2. The van der Waals surface area contributed by atoms with Crippen LogP contribution in [0.4, 0.5) is 10.2 Å². The molecule has 18 heavy (non-hydrogen) atoms. The summed E-state index contributed by atoms with van der Waals surface area (Å²) in [6.07, 6.45) is 2.70. The van der Waals surface area contributed by atoms with Crippen LogP contribution in [0, 0.1) is 5.82 Å². The molecule has 0 bridgehead atoms. The van der Waals surface area contributed by atoms with E-state index in [9.17, 15) is 4.39 Å². The van der Waals surface area contributed by atoms with Crippen molar-refractivity contribution in [1.29, 1.82) is 0 Å². The summed E-state index contributed by atoms with van der Waals surface area (Å²) in [4.78, 5) is 6.34. The molecule has 0 atom stereocenters. The number of fused-ring (bicyclic) bond motifs is 1. The van der Waals surface area contributed by atoms with Crippen LogP contribution < -0.4 is 5.32 Å². The van der Waals surface area contributed by atoms with Gasteiger partial charge >= 0.3 is 0 Å². The van der Waals surface area contributed by atoms with Gasteiger partial charge in [0.05, 0.1) is 5.39 Å². The van der Waals surface area contributed by atoms with Crippen molar-refractivity contribution in [3.05, 3.63) is 36.3 Å². The third kappa shape index (κ3) is 2.96. The van der Waals surface area contributed by atoms with E-state index in [2.05, 4.69) is 15.2 Å². The molecule has 0 aliphatic carbocycles. The van der Waals surface area contributed by atoms with Crippen molar-refractivity contribution in [3.8, 4) is 0 Å². The van der Waals surface area contributed by atoms with Crippen LogP contribution in [0.15, 0.2) is 30.5 Å². The van der Waals surface area contributed by atoms with Crippen molar-refractivity contribution in [2.45, 2.75) is 6.42 Å². The Morgan fingerprint density at radius 1 is 1.28 bits per heavy atom. The van der Waals surface area contributed by atoms with Gasteiger partial charge in [-0.1, -0.05) is 12.1 Å². The monoisotopic (exact) mass is 247 g/mol. The zero-order valence-electron chi connectivity index (χ0n) is 10.8. The SMILES string of the molecule is CN(C)CCCNc1nccc2cccc(F)c12. The lowest BCUT2D eigenvalue weighted by atomic mass is 10.1. The van der Waals surface area contributed by atoms with Crippen LogP contribution in [0.5, 0.6) is 0 Å². The number of hydrogen-bond acceptors (Lipinski definition) is 3. The van der Waals surface area contributed by atoms with Gasteiger partial charge in [-0.2, -0.15) is 0 Å². The number of rotatable bonds is 5. The van der Waals surface area contributed by atoms with E-state index < -0.39 is 0 Å². The molecule has 1 N–H and O–H groups in total. The first-order valence-electron chi connectivity index (χ1n) is 6.10. The van der Waals surface area contributed by atoms with Gasteiger partial charge in [0.2, 0.25) is 0 Å². The summed E-state index contributed by atoms with van der Waals surface area (Å²) in [7, 11) is 4.08. The lowest BCUT2D eigenvalue weighted by Crippen LogP contribution is -2.16. The van der Waals surface area contributed by atoms with E-state index >= 15 is 0 Å². The zero-order chi connectivity index (χ0) is 13.0. The Morgan fingerprint density at radius 2 is 2.11 bits per heavy atom. The Kier molecular flexibility index (Phi) is 4.10. The molecular weight excluding hydrogens is 229 g/mol. The fourth-order valence-electron chi connectivity index (χ4n) is 1.92. The van der Waals surface area contributed by atoms with Crippen molar-refractivity contribution in [1.82, 2.24) is 9.88 Å². The smallest absolute Gasteiger partial charge is 0.136 e. The molecule has 96 valence electrons. The van der Waals surface area contributed by atoms with Gasteiger partial charge in [0.15, 0.2) is 0 Å². The Balaban J connectivity index is 2.13. The van der Waals surface area contributed by atoms with E-state index in [-0.39, 0.29) is 5.82 Å². The minimum atomic E-state index is -0.226. The lowest BCUT2D eigenvalue weighted by molar-refractivity contribution is 0.405. The molecule has 0 amide bonds. The summed E-state index contributed by atoms with van der Waals surface area (Å²) in [5.41, 5.74) is 0. The average molecular weight is 247 g/mol. The van der Waals surface area contributed by atoms with Gasteiger partial charge in [0.1, 0.15) is 11.6 Å². The molecule has 0 fully saturated rings. The molecule has 0 saturated heterocycles. The third-order valence-corrected chi connectivity index (χ3v) is 2.81. The van der Waals surface area contributed by atoms with E-state index in [1.807, 2.05) is 26.2 Å². The van der Waals surface area contributed by atoms with Crippen LogP contribution in [-0.4, -0.2) is 37.1 Å². The number of nitrogens with one attached hydrogen (secondary N) is 1. The molecule has 4 heteroatoms. The van der Waals surface area contributed by atoms with Crippen LogP contribution in [0.3, 0.4) is 0 Å². The van der Waals surface area contributed by atoms with Crippen LogP contribution in [0.2, 0.25) is 0 Å². The summed E-state index contributed by atoms with van der Waals surface area (Å²) in [6, 6.07) is 6.90. The van der Waals surface area contributed by atoms with E-state index in [1.54, 1.807) is 12.3 Å². The first-order valence-corrected chi connectivity index (χ1v) is 6.10. The Bertz CT molecular complexity index is 520. The lowest BCUT2D eigenvalue weighted by Gasteiger charge is -2.11. The average Bonchev–Trinajstić information content (AvgIpc) is 2.34. The van der Waals surface area contributed by atoms with Gasteiger partial charge in [0, 0.05) is 12.7 Å². The molecular formula is C14H18FN3. The number of aromatic nitrogens is 1. The van der Waals surface area contributed by atoms with Gasteiger partial charge in [0.25, 0.3) is 0 Å². The van der Waals surface area contributed by atoms with Crippen LogP contribution in [0.25, 0.3) is 10.8 Å². The van der Waals surface area contributed by atoms with Crippen molar-refractivity contribution < 1.29 is 4.39 Å². The minimum Gasteiger partial charge on any atom is -0.369 e. The molecule has 2 aromatic rings. The highest BCUT2D eigenvalue weighted by atomic mass is 19.1. The molecule has 1 aromatic heterocycles. The second-order valence-corrected chi connectivity index (χ2v) is 4.58. The molecule has 0 unspecified atom stereocenters. The predicted molar refractivity (Wildman–Crippen MR) is 73.4 cm³/mol. The fourth-order valence-corrected chi connectivity index (χ4v) is 1.92. The predicted octanol–water partition coefficient (Wildman–Crippen LogP) is 2.74. The summed E-state index contributed by atoms with van der Waals surface area (Å²) in [5.74, 6) is 0.403. The van der Waals surface area contributed by atoms with Crippen molar-refractivity contribution in [3.63, 3.8) is 0 Å². The molecule has 0 spiro atoms. The molecule has 2 rings (SSSR count). The van der Waals surface area contributed by atoms with E-state index in [4.69, 9.17) is 0 Å². The Morgan fingerprint density at radius 3 is 2.89 bits per heavy atom. The highest BCUT2D eigenvalue weighted by Gasteiger charge is 2.06. The molecule has 0 saturated carbocycles. The summed E-state index contributed by atoms with van der Waals surface area (Å²) < 4.78 is 13.8. The maximum atomic E-state index is 13.8. The normalized spacial score (nSPS) is 11.1. The van der Waals surface area contributed by atoms with Gasteiger partial charge in [-0.05, 0) is 44.6 Å². The summed E-state index contributed by atoms with van der Waals surface area (Å²) in [5, 5.41) is 4.66. The highest BCUT2D eigenvalue weighted by Crippen LogP contribution is 2.23. The van der Waals surface area contributed by atoms with Gasteiger partial charge in [-0.15, -0.1) is 0 Å². The number of halogens is 1. The van der Waals surface area contributed by atoms with Crippen LogP contribution >= 0.6 is 0 Å². The minimum absolute atomic E-state index is 0.226. The number of hydrogen-bond donors (Lipinski definition) is 1. The fraction of sp³-hybridized carbons (Fsp3) is 0.357. The number of pyridine rings is 1. The zero-order valence-corrected chi connectivity index (χ0v) is 10.8. The van der Waals surface area contributed by atoms with Crippen molar-refractivity contribution >= 4 is 16.6 Å². The van der Waals surface area contributed by atoms with Crippen molar-refractivity contribution in [2.75, 3.05) is 32.5 Å². The number of benzene rings is 1. The molecule has 1 aromatic carbocycles. The Hall–Kier alpha value is -1.68. The molecule has 0 radical (unpaired) electrons. The number of anilines is 1.